The van der Waals surface area contributed by atoms with Gasteiger partial charge in [0.05, 0.1) is 13.2 Å². The quantitative estimate of drug-likeness (QED) is 0.768. The molecule has 128 valence electrons. The van der Waals surface area contributed by atoms with Crippen molar-refractivity contribution in [2.75, 3.05) is 53.0 Å². The van der Waals surface area contributed by atoms with E-state index in [1.54, 1.807) is 7.11 Å². The Kier molecular flexibility index (Phi) is 6.95. The number of halogens is 1. The van der Waals surface area contributed by atoms with Crippen molar-refractivity contribution in [3.63, 3.8) is 0 Å². The van der Waals surface area contributed by atoms with E-state index in [0.29, 0.717) is 19.7 Å². The molecule has 0 spiro atoms. The number of carbonyl (C=O) groups excluding carboxylic acids is 1. The standard InChI is InChI=1S/C17H26FN3O2/c1-14(15-3-5-16(18)6-4-15)21-10-8-20(9-11-21)13-17(22)19-7-12-23-2/h3-6,14H,7-13H2,1-2H3,(H,19,22)/t14-/m1/s1. The number of methoxy groups -OCH3 is 1. The molecule has 0 saturated carbocycles. The third kappa shape index (κ3) is 5.57. The number of hydrogen-bond acceptors (Lipinski definition) is 4. The van der Waals surface area contributed by atoms with E-state index >= 15 is 0 Å². The number of nitrogens with one attached hydrogen (secondary N) is 1. The van der Waals surface area contributed by atoms with Crippen LogP contribution in [0.5, 0.6) is 0 Å². The van der Waals surface area contributed by atoms with Gasteiger partial charge in [0.15, 0.2) is 0 Å². The summed E-state index contributed by atoms with van der Waals surface area (Å²) >= 11 is 0. The van der Waals surface area contributed by atoms with Crippen molar-refractivity contribution in [3.05, 3.63) is 35.6 Å². The lowest BCUT2D eigenvalue weighted by atomic mass is 10.1. The molecule has 23 heavy (non-hydrogen) atoms. The second-order valence-corrected chi connectivity index (χ2v) is 5.88. The monoisotopic (exact) mass is 323 g/mol. The molecule has 0 bridgehead atoms. The molecule has 1 aromatic carbocycles. The van der Waals surface area contributed by atoms with Crippen LogP contribution < -0.4 is 5.32 Å². The van der Waals surface area contributed by atoms with Crippen LogP contribution in [0.25, 0.3) is 0 Å². The van der Waals surface area contributed by atoms with Crippen LogP contribution >= 0.6 is 0 Å². The molecule has 1 aliphatic heterocycles. The average Bonchev–Trinajstić information content (AvgIpc) is 2.56. The predicted molar refractivity (Wildman–Crippen MR) is 87.7 cm³/mol. The maximum absolute atomic E-state index is 13.0. The van der Waals surface area contributed by atoms with E-state index in [4.69, 9.17) is 4.74 Å². The normalized spacial score (nSPS) is 17.9. The molecule has 5 nitrogen and oxygen atoms in total. The fourth-order valence-electron chi connectivity index (χ4n) is 2.81. The van der Waals surface area contributed by atoms with Crippen molar-refractivity contribution in [3.8, 4) is 0 Å². The van der Waals surface area contributed by atoms with Crippen molar-refractivity contribution < 1.29 is 13.9 Å². The molecule has 1 saturated heterocycles. The van der Waals surface area contributed by atoms with Crippen molar-refractivity contribution >= 4 is 5.91 Å². The Morgan fingerprint density at radius 1 is 1.26 bits per heavy atom. The highest BCUT2D eigenvalue weighted by Crippen LogP contribution is 2.21. The summed E-state index contributed by atoms with van der Waals surface area (Å²) in [5.74, 6) is -0.160. The largest absolute Gasteiger partial charge is 0.383 e. The van der Waals surface area contributed by atoms with Crippen LogP contribution in [0.15, 0.2) is 24.3 Å². The van der Waals surface area contributed by atoms with Gasteiger partial charge in [0, 0.05) is 45.9 Å². The van der Waals surface area contributed by atoms with Crippen LogP contribution in [0.1, 0.15) is 18.5 Å². The lowest BCUT2D eigenvalue weighted by Gasteiger charge is -2.38. The highest BCUT2D eigenvalue weighted by Gasteiger charge is 2.23. The third-order valence-corrected chi connectivity index (χ3v) is 4.30. The maximum atomic E-state index is 13.0. The van der Waals surface area contributed by atoms with Gasteiger partial charge < -0.3 is 10.1 Å². The zero-order valence-electron chi connectivity index (χ0n) is 13.9. The summed E-state index contributed by atoms with van der Waals surface area (Å²) in [5, 5.41) is 2.84. The first kappa shape index (κ1) is 17.8. The van der Waals surface area contributed by atoms with E-state index in [-0.39, 0.29) is 17.8 Å². The summed E-state index contributed by atoms with van der Waals surface area (Å²) in [5.41, 5.74) is 1.12. The molecule has 6 heteroatoms. The van der Waals surface area contributed by atoms with Crippen LogP contribution in [-0.2, 0) is 9.53 Å². The lowest BCUT2D eigenvalue weighted by Crippen LogP contribution is -2.50. The first-order valence-corrected chi connectivity index (χ1v) is 8.07. The number of piperazine rings is 1. The van der Waals surface area contributed by atoms with Crippen LogP contribution in [0.4, 0.5) is 4.39 Å². The van der Waals surface area contributed by atoms with Gasteiger partial charge in [-0.3, -0.25) is 14.6 Å². The van der Waals surface area contributed by atoms with Crippen LogP contribution in [0.2, 0.25) is 0 Å². The zero-order chi connectivity index (χ0) is 16.7. The van der Waals surface area contributed by atoms with Crippen LogP contribution in [0.3, 0.4) is 0 Å². The molecular formula is C17H26FN3O2. The Morgan fingerprint density at radius 3 is 2.52 bits per heavy atom. The van der Waals surface area contributed by atoms with E-state index in [1.165, 1.54) is 12.1 Å². The first-order chi connectivity index (χ1) is 11.1. The lowest BCUT2D eigenvalue weighted by molar-refractivity contribution is -0.122. The third-order valence-electron chi connectivity index (χ3n) is 4.30. The average molecular weight is 323 g/mol. The zero-order valence-corrected chi connectivity index (χ0v) is 13.9. The van der Waals surface area contributed by atoms with Gasteiger partial charge in [0.2, 0.25) is 5.91 Å². The summed E-state index contributed by atoms with van der Waals surface area (Å²) in [4.78, 5) is 16.3. The van der Waals surface area contributed by atoms with Gasteiger partial charge in [-0.1, -0.05) is 12.1 Å². The molecule has 1 aromatic rings. The molecule has 0 radical (unpaired) electrons. The highest BCUT2D eigenvalue weighted by molar-refractivity contribution is 5.78. The van der Waals surface area contributed by atoms with Crippen molar-refractivity contribution in [1.29, 1.82) is 0 Å². The van der Waals surface area contributed by atoms with Crippen molar-refractivity contribution in [2.24, 2.45) is 0 Å². The number of ether oxygens (including phenoxy) is 1. The summed E-state index contributed by atoms with van der Waals surface area (Å²) in [6.45, 7) is 7.20. The summed E-state index contributed by atoms with van der Waals surface area (Å²) in [6.07, 6.45) is 0. The Hall–Kier alpha value is -1.50. The Morgan fingerprint density at radius 2 is 1.91 bits per heavy atom. The van der Waals surface area contributed by atoms with Gasteiger partial charge in [-0.25, -0.2) is 4.39 Å². The van der Waals surface area contributed by atoms with E-state index < -0.39 is 0 Å². The molecule has 0 aromatic heterocycles. The van der Waals surface area contributed by atoms with E-state index in [0.717, 1.165) is 31.7 Å². The minimum absolute atomic E-state index is 0.0436. The Bertz CT molecular complexity index is 487. The number of amides is 1. The number of rotatable bonds is 7. The Balaban J connectivity index is 1.75. The molecule has 1 atom stereocenters. The van der Waals surface area contributed by atoms with Crippen LogP contribution in [-0.4, -0.2) is 68.7 Å². The molecule has 0 aliphatic carbocycles. The van der Waals surface area contributed by atoms with E-state index in [9.17, 15) is 9.18 Å². The molecule has 1 amide bonds. The summed E-state index contributed by atoms with van der Waals surface area (Å²) in [6, 6.07) is 6.96. The van der Waals surface area contributed by atoms with E-state index in [1.807, 2.05) is 12.1 Å². The molecule has 2 rings (SSSR count). The Labute approximate surface area is 137 Å². The predicted octanol–water partition coefficient (Wildman–Crippen LogP) is 1.27. The van der Waals surface area contributed by atoms with Gasteiger partial charge in [-0.05, 0) is 24.6 Å². The minimum atomic E-state index is -0.203. The number of carbonyl (C=O) groups is 1. The second kappa shape index (κ2) is 8.96. The van der Waals surface area contributed by atoms with Crippen molar-refractivity contribution in [1.82, 2.24) is 15.1 Å². The smallest absolute Gasteiger partial charge is 0.234 e. The van der Waals surface area contributed by atoms with E-state index in [2.05, 4.69) is 22.0 Å². The molecule has 1 aliphatic rings. The fraction of sp³-hybridized carbons (Fsp3) is 0.588. The maximum Gasteiger partial charge on any atom is 0.234 e. The van der Waals surface area contributed by atoms with Gasteiger partial charge in [-0.15, -0.1) is 0 Å². The number of nitrogens with zero attached hydrogens (tertiary/aromatic N) is 2. The highest BCUT2D eigenvalue weighted by atomic mass is 19.1. The van der Waals surface area contributed by atoms with Crippen molar-refractivity contribution in [2.45, 2.75) is 13.0 Å². The minimum Gasteiger partial charge on any atom is -0.383 e. The molecular weight excluding hydrogens is 297 g/mol. The number of hydrogen-bond donors (Lipinski definition) is 1. The number of benzene rings is 1. The van der Waals surface area contributed by atoms with Gasteiger partial charge >= 0.3 is 0 Å². The topological polar surface area (TPSA) is 44.8 Å². The van der Waals surface area contributed by atoms with Gasteiger partial charge in [0.25, 0.3) is 0 Å². The fourth-order valence-corrected chi connectivity index (χ4v) is 2.81. The summed E-state index contributed by atoms with van der Waals surface area (Å²) < 4.78 is 17.9. The van der Waals surface area contributed by atoms with Crippen LogP contribution in [0, 0.1) is 5.82 Å². The summed E-state index contributed by atoms with van der Waals surface area (Å²) in [7, 11) is 1.62. The van der Waals surface area contributed by atoms with Gasteiger partial charge in [0.1, 0.15) is 5.82 Å². The molecule has 1 N–H and O–H groups in total. The second-order valence-electron chi connectivity index (χ2n) is 5.88. The first-order valence-electron chi connectivity index (χ1n) is 8.07. The van der Waals surface area contributed by atoms with Gasteiger partial charge in [-0.2, -0.15) is 0 Å². The molecule has 1 fully saturated rings. The molecule has 1 heterocycles. The molecule has 0 unspecified atom stereocenters. The SMILES string of the molecule is COCCNC(=O)CN1CCN([C@H](C)c2ccc(F)cc2)CC1.